The molecule has 1 unspecified atom stereocenters. The average molecular weight is 318 g/mol. The standard InChI is InChI=1S/C15H16BrN3/c1-2-14-18-13(16)8-15(19-14)17-9-11-7-10-5-3-4-6-12(10)11/h3-6,8,11H,2,7,9H2,1H3,(H,17,18,19). The van der Waals surface area contributed by atoms with Crippen LogP contribution in [0.15, 0.2) is 34.9 Å². The quantitative estimate of drug-likeness (QED) is 0.876. The van der Waals surface area contributed by atoms with Gasteiger partial charge in [0.1, 0.15) is 16.2 Å². The van der Waals surface area contributed by atoms with E-state index in [1.54, 1.807) is 0 Å². The second kappa shape index (κ2) is 5.29. The van der Waals surface area contributed by atoms with E-state index in [2.05, 4.69) is 62.4 Å². The van der Waals surface area contributed by atoms with Gasteiger partial charge in [0.2, 0.25) is 0 Å². The first-order chi connectivity index (χ1) is 9.26. The number of fused-ring (bicyclic) bond motifs is 1. The first-order valence-electron chi connectivity index (χ1n) is 6.61. The van der Waals surface area contributed by atoms with Crippen molar-refractivity contribution in [2.45, 2.75) is 25.7 Å². The number of hydrogen-bond acceptors (Lipinski definition) is 3. The lowest BCUT2D eigenvalue weighted by Crippen LogP contribution is -2.24. The van der Waals surface area contributed by atoms with Gasteiger partial charge in [-0.1, -0.05) is 31.2 Å². The van der Waals surface area contributed by atoms with Gasteiger partial charge < -0.3 is 5.32 Å². The molecule has 1 aliphatic carbocycles. The average Bonchev–Trinajstić information content (AvgIpc) is 2.39. The molecule has 0 spiro atoms. The first-order valence-corrected chi connectivity index (χ1v) is 7.40. The van der Waals surface area contributed by atoms with E-state index < -0.39 is 0 Å². The van der Waals surface area contributed by atoms with Crippen LogP contribution in [0.3, 0.4) is 0 Å². The van der Waals surface area contributed by atoms with Crippen molar-refractivity contribution in [2.24, 2.45) is 0 Å². The second-order valence-corrected chi connectivity index (χ2v) is 5.64. The molecule has 1 aliphatic rings. The molecule has 4 heteroatoms. The van der Waals surface area contributed by atoms with Crippen LogP contribution in [0.25, 0.3) is 0 Å². The van der Waals surface area contributed by atoms with Crippen LogP contribution in [0, 0.1) is 0 Å². The van der Waals surface area contributed by atoms with E-state index in [1.807, 2.05) is 6.07 Å². The number of nitrogens with zero attached hydrogens (tertiary/aromatic N) is 2. The van der Waals surface area contributed by atoms with Gasteiger partial charge in [-0.2, -0.15) is 0 Å². The molecule has 0 amide bonds. The van der Waals surface area contributed by atoms with E-state index >= 15 is 0 Å². The van der Waals surface area contributed by atoms with Crippen molar-refractivity contribution in [2.75, 3.05) is 11.9 Å². The summed E-state index contributed by atoms with van der Waals surface area (Å²) in [6, 6.07) is 10.6. The molecule has 0 bridgehead atoms. The Morgan fingerprint density at radius 3 is 2.95 bits per heavy atom. The van der Waals surface area contributed by atoms with Crippen molar-refractivity contribution < 1.29 is 0 Å². The fourth-order valence-corrected chi connectivity index (χ4v) is 2.91. The molecule has 0 saturated heterocycles. The Morgan fingerprint density at radius 2 is 2.16 bits per heavy atom. The van der Waals surface area contributed by atoms with Crippen LogP contribution in [0.1, 0.15) is 29.8 Å². The van der Waals surface area contributed by atoms with Crippen LogP contribution >= 0.6 is 15.9 Å². The normalized spacial score (nSPS) is 16.6. The summed E-state index contributed by atoms with van der Waals surface area (Å²) < 4.78 is 0.843. The molecule has 1 N–H and O–H groups in total. The minimum atomic E-state index is 0.606. The van der Waals surface area contributed by atoms with Gasteiger partial charge in [-0.05, 0) is 33.5 Å². The Labute approximate surface area is 121 Å². The van der Waals surface area contributed by atoms with Gasteiger partial charge in [0.25, 0.3) is 0 Å². The third-order valence-corrected chi connectivity index (χ3v) is 3.95. The number of aryl methyl sites for hydroxylation is 1. The van der Waals surface area contributed by atoms with Crippen molar-refractivity contribution in [1.82, 2.24) is 9.97 Å². The highest BCUT2D eigenvalue weighted by Crippen LogP contribution is 2.34. The minimum absolute atomic E-state index is 0.606. The van der Waals surface area contributed by atoms with Gasteiger partial charge in [-0.3, -0.25) is 0 Å². The summed E-state index contributed by atoms with van der Waals surface area (Å²) in [4.78, 5) is 8.80. The van der Waals surface area contributed by atoms with E-state index in [0.717, 1.165) is 35.6 Å². The fourth-order valence-electron chi connectivity index (χ4n) is 2.49. The molecule has 2 aromatic rings. The zero-order chi connectivity index (χ0) is 13.2. The highest BCUT2D eigenvalue weighted by Gasteiger charge is 2.24. The summed E-state index contributed by atoms with van der Waals surface area (Å²) in [7, 11) is 0. The molecule has 0 fully saturated rings. The molecular formula is C15H16BrN3. The molecule has 1 heterocycles. The van der Waals surface area contributed by atoms with Crippen LogP contribution in [-0.2, 0) is 12.8 Å². The van der Waals surface area contributed by atoms with E-state index in [4.69, 9.17) is 0 Å². The fraction of sp³-hybridized carbons (Fsp3) is 0.333. The third-order valence-electron chi connectivity index (χ3n) is 3.55. The molecule has 98 valence electrons. The summed E-state index contributed by atoms with van der Waals surface area (Å²) in [5, 5.41) is 3.42. The number of rotatable bonds is 4. The number of nitrogens with one attached hydrogen (secondary N) is 1. The van der Waals surface area contributed by atoms with Gasteiger partial charge in [0.05, 0.1) is 0 Å². The summed E-state index contributed by atoms with van der Waals surface area (Å²) in [6.07, 6.45) is 2.01. The molecule has 3 rings (SSSR count). The van der Waals surface area contributed by atoms with Crippen LogP contribution < -0.4 is 5.32 Å². The molecule has 0 radical (unpaired) electrons. The molecule has 0 aliphatic heterocycles. The Bertz CT molecular complexity index is 598. The SMILES string of the molecule is CCc1nc(Br)cc(NCC2Cc3ccccc32)n1. The topological polar surface area (TPSA) is 37.8 Å². The highest BCUT2D eigenvalue weighted by molar-refractivity contribution is 9.10. The smallest absolute Gasteiger partial charge is 0.131 e. The predicted octanol–water partition coefficient (Wildman–Crippen LogP) is 3.55. The van der Waals surface area contributed by atoms with Crippen LogP contribution in [0.2, 0.25) is 0 Å². The molecular weight excluding hydrogens is 302 g/mol. The molecule has 0 saturated carbocycles. The van der Waals surface area contributed by atoms with Crippen LogP contribution in [0.5, 0.6) is 0 Å². The zero-order valence-electron chi connectivity index (χ0n) is 10.9. The molecule has 1 atom stereocenters. The molecule has 19 heavy (non-hydrogen) atoms. The molecule has 1 aromatic carbocycles. The van der Waals surface area contributed by atoms with Crippen LogP contribution in [0.4, 0.5) is 5.82 Å². The number of hydrogen-bond donors (Lipinski definition) is 1. The van der Waals surface area contributed by atoms with Gasteiger partial charge in [0.15, 0.2) is 0 Å². The van der Waals surface area contributed by atoms with E-state index in [9.17, 15) is 0 Å². The van der Waals surface area contributed by atoms with Crippen molar-refractivity contribution in [1.29, 1.82) is 0 Å². The third kappa shape index (κ3) is 2.63. The Balaban J connectivity index is 1.66. The first kappa shape index (κ1) is 12.6. The summed E-state index contributed by atoms with van der Waals surface area (Å²) in [5.41, 5.74) is 2.95. The van der Waals surface area contributed by atoms with Crippen molar-refractivity contribution >= 4 is 21.7 Å². The predicted molar refractivity (Wildman–Crippen MR) is 80.5 cm³/mol. The zero-order valence-corrected chi connectivity index (χ0v) is 12.4. The number of benzene rings is 1. The maximum absolute atomic E-state index is 4.49. The maximum Gasteiger partial charge on any atom is 0.131 e. The van der Waals surface area contributed by atoms with Crippen LogP contribution in [-0.4, -0.2) is 16.5 Å². The van der Waals surface area contributed by atoms with E-state index in [-0.39, 0.29) is 0 Å². The van der Waals surface area contributed by atoms with E-state index in [0.29, 0.717) is 5.92 Å². The lowest BCUT2D eigenvalue weighted by Gasteiger charge is -2.30. The number of halogens is 1. The summed E-state index contributed by atoms with van der Waals surface area (Å²) in [5.74, 6) is 2.38. The Kier molecular flexibility index (Phi) is 3.51. The monoisotopic (exact) mass is 317 g/mol. The molecule has 1 aromatic heterocycles. The largest absolute Gasteiger partial charge is 0.369 e. The lowest BCUT2D eigenvalue weighted by molar-refractivity contribution is 0.634. The van der Waals surface area contributed by atoms with Gasteiger partial charge in [-0.25, -0.2) is 9.97 Å². The van der Waals surface area contributed by atoms with Gasteiger partial charge >= 0.3 is 0 Å². The minimum Gasteiger partial charge on any atom is -0.369 e. The summed E-state index contributed by atoms with van der Waals surface area (Å²) >= 11 is 3.43. The molecule has 3 nitrogen and oxygen atoms in total. The van der Waals surface area contributed by atoms with Crippen molar-refractivity contribution in [3.8, 4) is 0 Å². The summed E-state index contributed by atoms with van der Waals surface area (Å²) in [6.45, 7) is 3.00. The van der Waals surface area contributed by atoms with Crippen molar-refractivity contribution in [3.05, 3.63) is 51.9 Å². The number of anilines is 1. The van der Waals surface area contributed by atoms with Gasteiger partial charge in [-0.15, -0.1) is 0 Å². The van der Waals surface area contributed by atoms with Crippen molar-refractivity contribution in [3.63, 3.8) is 0 Å². The Hall–Kier alpha value is -1.42. The Morgan fingerprint density at radius 1 is 1.32 bits per heavy atom. The second-order valence-electron chi connectivity index (χ2n) is 4.83. The highest BCUT2D eigenvalue weighted by atomic mass is 79.9. The lowest BCUT2D eigenvalue weighted by atomic mass is 9.78. The van der Waals surface area contributed by atoms with E-state index in [1.165, 1.54) is 11.1 Å². The maximum atomic E-state index is 4.49. The number of aromatic nitrogens is 2. The van der Waals surface area contributed by atoms with Gasteiger partial charge in [0, 0.05) is 24.9 Å².